The van der Waals surface area contributed by atoms with Gasteiger partial charge in [0.1, 0.15) is 11.9 Å². The van der Waals surface area contributed by atoms with Crippen LogP contribution in [0.15, 0.2) is 54.9 Å². The van der Waals surface area contributed by atoms with Gasteiger partial charge in [0.2, 0.25) is 0 Å². The SMILES string of the molecule is O=C(/C=C/c1ccc(F)cc1)OC1CCCC1c1cccnc1. The van der Waals surface area contributed by atoms with Gasteiger partial charge >= 0.3 is 5.97 Å². The van der Waals surface area contributed by atoms with Crippen molar-refractivity contribution >= 4 is 12.0 Å². The fraction of sp³-hybridized carbons (Fsp3) is 0.263. The van der Waals surface area contributed by atoms with Crippen molar-refractivity contribution in [1.82, 2.24) is 4.98 Å². The number of esters is 1. The van der Waals surface area contributed by atoms with Crippen LogP contribution in [-0.2, 0) is 9.53 Å². The quantitative estimate of drug-likeness (QED) is 0.630. The van der Waals surface area contributed by atoms with Gasteiger partial charge < -0.3 is 4.74 Å². The highest BCUT2D eigenvalue weighted by Gasteiger charge is 2.31. The Balaban J connectivity index is 1.62. The van der Waals surface area contributed by atoms with Crippen molar-refractivity contribution in [3.63, 3.8) is 0 Å². The van der Waals surface area contributed by atoms with Crippen molar-refractivity contribution in [3.8, 4) is 0 Å². The van der Waals surface area contributed by atoms with Crippen LogP contribution in [0.5, 0.6) is 0 Å². The number of hydrogen-bond acceptors (Lipinski definition) is 3. The predicted molar refractivity (Wildman–Crippen MR) is 86.1 cm³/mol. The van der Waals surface area contributed by atoms with E-state index in [0.29, 0.717) is 0 Å². The highest BCUT2D eigenvalue weighted by atomic mass is 19.1. The number of halogens is 1. The van der Waals surface area contributed by atoms with E-state index in [1.165, 1.54) is 18.2 Å². The summed E-state index contributed by atoms with van der Waals surface area (Å²) in [6, 6.07) is 9.89. The van der Waals surface area contributed by atoms with Crippen molar-refractivity contribution < 1.29 is 13.9 Å². The summed E-state index contributed by atoms with van der Waals surface area (Å²) in [6.45, 7) is 0. The Hall–Kier alpha value is -2.49. The summed E-state index contributed by atoms with van der Waals surface area (Å²) in [7, 11) is 0. The number of nitrogens with zero attached hydrogens (tertiary/aromatic N) is 1. The molecule has 2 unspecified atom stereocenters. The molecule has 0 saturated heterocycles. The van der Waals surface area contributed by atoms with Crippen LogP contribution in [-0.4, -0.2) is 17.1 Å². The molecule has 4 heteroatoms. The second-order valence-electron chi connectivity index (χ2n) is 5.68. The lowest BCUT2D eigenvalue weighted by molar-refractivity contribution is -0.143. The Morgan fingerprint density at radius 1 is 1.22 bits per heavy atom. The van der Waals surface area contributed by atoms with Gasteiger partial charge in [0.05, 0.1) is 0 Å². The average Bonchev–Trinajstić information content (AvgIpc) is 3.03. The number of pyridine rings is 1. The van der Waals surface area contributed by atoms with Crippen LogP contribution in [0.4, 0.5) is 4.39 Å². The van der Waals surface area contributed by atoms with Gasteiger partial charge in [-0.25, -0.2) is 9.18 Å². The molecule has 23 heavy (non-hydrogen) atoms. The number of hydrogen-bond donors (Lipinski definition) is 0. The first-order valence-electron chi connectivity index (χ1n) is 7.76. The molecule has 2 aromatic rings. The van der Waals surface area contributed by atoms with Gasteiger partial charge in [0, 0.05) is 24.4 Å². The second-order valence-corrected chi connectivity index (χ2v) is 5.68. The zero-order chi connectivity index (χ0) is 16.1. The molecule has 1 aliphatic carbocycles. The average molecular weight is 311 g/mol. The topological polar surface area (TPSA) is 39.2 Å². The van der Waals surface area contributed by atoms with Crippen LogP contribution < -0.4 is 0 Å². The van der Waals surface area contributed by atoms with E-state index in [4.69, 9.17) is 4.74 Å². The Bertz CT molecular complexity index is 682. The molecule has 1 saturated carbocycles. The summed E-state index contributed by atoms with van der Waals surface area (Å²) in [5.41, 5.74) is 1.88. The molecule has 1 fully saturated rings. The van der Waals surface area contributed by atoms with Gasteiger partial charge in [-0.05, 0) is 54.7 Å². The maximum absolute atomic E-state index is 12.8. The van der Waals surface area contributed by atoms with Gasteiger partial charge in [-0.15, -0.1) is 0 Å². The van der Waals surface area contributed by atoms with E-state index < -0.39 is 0 Å². The van der Waals surface area contributed by atoms with Crippen molar-refractivity contribution in [3.05, 3.63) is 71.8 Å². The lowest BCUT2D eigenvalue weighted by atomic mass is 9.97. The minimum absolute atomic E-state index is 0.107. The summed E-state index contributed by atoms with van der Waals surface area (Å²) in [4.78, 5) is 16.2. The van der Waals surface area contributed by atoms with Crippen LogP contribution in [0, 0.1) is 5.82 Å². The molecule has 0 aliphatic heterocycles. The summed E-state index contributed by atoms with van der Waals surface area (Å²) in [5.74, 6) is -0.447. The van der Waals surface area contributed by atoms with E-state index in [-0.39, 0.29) is 23.8 Å². The Kier molecular flexibility index (Phi) is 4.81. The maximum atomic E-state index is 12.8. The summed E-state index contributed by atoms with van der Waals surface area (Å²) >= 11 is 0. The van der Waals surface area contributed by atoms with Crippen molar-refractivity contribution in [2.45, 2.75) is 31.3 Å². The number of rotatable bonds is 4. The number of carbonyl (C=O) groups is 1. The number of carbonyl (C=O) groups excluding carboxylic acids is 1. The van der Waals surface area contributed by atoms with E-state index in [0.717, 1.165) is 30.4 Å². The summed E-state index contributed by atoms with van der Waals surface area (Å²) in [6.07, 6.45) is 9.42. The fourth-order valence-corrected chi connectivity index (χ4v) is 2.97. The molecule has 1 heterocycles. The third kappa shape index (κ3) is 4.03. The molecule has 0 N–H and O–H groups in total. The Labute approximate surface area is 134 Å². The van der Waals surface area contributed by atoms with Gasteiger partial charge in [-0.3, -0.25) is 4.98 Å². The van der Waals surface area contributed by atoms with E-state index in [9.17, 15) is 9.18 Å². The molecule has 3 nitrogen and oxygen atoms in total. The molecule has 118 valence electrons. The smallest absolute Gasteiger partial charge is 0.331 e. The molecule has 1 aromatic carbocycles. The zero-order valence-electron chi connectivity index (χ0n) is 12.7. The molecular weight excluding hydrogens is 293 g/mol. The van der Waals surface area contributed by atoms with Crippen LogP contribution in [0.1, 0.15) is 36.3 Å². The Morgan fingerprint density at radius 3 is 2.78 bits per heavy atom. The van der Waals surface area contributed by atoms with E-state index in [2.05, 4.69) is 4.98 Å². The van der Waals surface area contributed by atoms with Crippen LogP contribution in [0.25, 0.3) is 6.08 Å². The molecule has 2 atom stereocenters. The van der Waals surface area contributed by atoms with Gasteiger partial charge in [0.15, 0.2) is 0 Å². The largest absolute Gasteiger partial charge is 0.459 e. The first-order chi connectivity index (χ1) is 11.2. The number of aromatic nitrogens is 1. The first kappa shape index (κ1) is 15.4. The second kappa shape index (κ2) is 7.18. The standard InChI is InChI=1S/C19H18FNO2/c20-16-9-6-14(7-10-16)8-11-19(22)23-18-5-1-4-17(18)15-3-2-12-21-13-15/h2-3,6-13,17-18H,1,4-5H2/b11-8+. The fourth-order valence-electron chi connectivity index (χ4n) is 2.97. The van der Waals surface area contributed by atoms with Crippen LogP contribution in [0.2, 0.25) is 0 Å². The van der Waals surface area contributed by atoms with E-state index in [1.54, 1.807) is 24.4 Å². The van der Waals surface area contributed by atoms with Crippen molar-refractivity contribution in [2.75, 3.05) is 0 Å². The van der Waals surface area contributed by atoms with Crippen molar-refractivity contribution in [1.29, 1.82) is 0 Å². The predicted octanol–water partition coefficient (Wildman–Crippen LogP) is 4.11. The minimum Gasteiger partial charge on any atom is -0.459 e. The lowest BCUT2D eigenvalue weighted by Crippen LogP contribution is -2.20. The molecule has 0 bridgehead atoms. The van der Waals surface area contributed by atoms with Gasteiger partial charge in [-0.1, -0.05) is 18.2 Å². The maximum Gasteiger partial charge on any atom is 0.331 e. The van der Waals surface area contributed by atoms with Crippen molar-refractivity contribution in [2.24, 2.45) is 0 Å². The zero-order valence-corrected chi connectivity index (χ0v) is 12.7. The monoisotopic (exact) mass is 311 g/mol. The highest BCUT2D eigenvalue weighted by Crippen LogP contribution is 2.36. The molecule has 0 amide bonds. The highest BCUT2D eigenvalue weighted by molar-refractivity contribution is 5.87. The summed E-state index contributed by atoms with van der Waals surface area (Å²) in [5, 5.41) is 0. The number of ether oxygens (including phenoxy) is 1. The van der Waals surface area contributed by atoms with Gasteiger partial charge in [0.25, 0.3) is 0 Å². The van der Waals surface area contributed by atoms with Gasteiger partial charge in [-0.2, -0.15) is 0 Å². The van der Waals surface area contributed by atoms with E-state index >= 15 is 0 Å². The molecule has 1 aliphatic rings. The normalized spacial score (nSPS) is 20.7. The molecule has 1 aromatic heterocycles. The Morgan fingerprint density at radius 2 is 2.04 bits per heavy atom. The first-order valence-corrected chi connectivity index (χ1v) is 7.76. The van der Waals surface area contributed by atoms with E-state index in [1.807, 2.05) is 18.3 Å². The van der Waals surface area contributed by atoms with Crippen LogP contribution >= 0.6 is 0 Å². The third-order valence-electron chi connectivity index (χ3n) is 4.11. The minimum atomic E-state index is -0.366. The molecule has 3 rings (SSSR count). The number of benzene rings is 1. The molecule has 0 spiro atoms. The third-order valence-corrected chi connectivity index (χ3v) is 4.11. The summed E-state index contributed by atoms with van der Waals surface area (Å²) < 4.78 is 18.4. The lowest BCUT2D eigenvalue weighted by Gasteiger charge is -2.19. The molecular formula is C19H18FNO2. The molecule has 0 radical (unpaired) electrons. The van der Waals surface area contributed by atoms with Crippen LogP contribution in [0.3, 0.4) is 0 Å².